The summed E-state index contributed by atoms with van der Waals surface area (Å²) in [5.41, 5.74) is 5.69. The number of ether oxygens (including phenoxy) is 1. The van der Waals surface area contributed by atoms with E-state index in [4.69, 9.17) is 39.1 Å². The number of hydrogen-bond donors (Lipinski definition) is 2. The molecule has 1 aromatic carbocycles. The molecule has 0 aliphatic heterocycles. The Kier molecular flexibility index (Phi) is 4.29. The molecule has 1 heterocycles. The maximum Gasteiger partial charge on any atom is 0.147 e. The van der Waals surface area contributed by atoms with E-state index in [-0.39, 0.29) is 5.84 Å². The van der Waals surface area contributed by atoms with Crippen molar-refractivity contribution in [3.05, 3.63) is 50.7 Å². The van der Waals surface area contributed by atoms with Crippen LogP contribution in [0.25, 0.3) is 0 Å². The van der Waals surface area contributed by atoms with Crippen molar-refractivity contribution in [3.63, 3.8) is 0 Å². The molecule has 2 aromatic rings. The molecule has 1 aromatic heterocycles. The quantitative estimate of drug-likeness (QED) is 0.488. The van der Waals surface area contributed by atoms with Crippen LogP contribution in [-0.4, -0.2) is 10.8 Å². The highest BCUT2D eigenvalue weighted by Crippen LogP contribution is 2.36. The summed E-state index contributed by atoms with van der Waals surface area (Å²) in [4.78, 5) is 3.98. The summed E-state index contributed by atoms with van der Waals surface area (Å²) >= 11 is 15.3. The van der Waals surface area contributed by atoms with E-state index in [1.807, 2.05) is 0 Å². The second-order valence-electron chi connectivity index (χ2n) is 3.59. The molecule has 0 unspecified atom stereocenters. The molecule has 0 amide bonds. The summed E-state index contributed by atoms with van der Waals surface area (Å²) in [5, 5.41) is 8.16. The molecule has 3 N–H and O–H groups in total. The molecule has 0 radical (unpaired) electrons. The van der Waals surface area contributed by atoms with Crippen molar-refractivity contribution in [1.82, 2.24) is 4.98 Å². The first-order chi connectivity index (χ1) is 8.97. The van der Waals surface area contributed by atoms with Crippen LogP contribution in [-0.2, 0) is 0 Å². The van der Waals surface area contributed by atoms with Crippen molar-refractivity contribution in [2.75, 3.05) is 0 Å². The number of nitrogens with one attached hydrogen (secondary N) is 1. The van der Waals surface area contributed by atoms with Crippen LogP contribution in [0.1, 0.15) is 5.69 Å². The monoisotopic (exact) mass is 359 g/mol. The average Bonchev–Trinajstić information content (AvgIpc) is 2.36. The predicted molar refractivity (Wildman–Crippen MR) is 79.5 cm³/mol. The molecule has 7 heteroatoms. The van der Waals surface area contributed by atoms with E-state index < -0.39 is 0 Å². The first kappa shape index (κ1) is 14.1. The second kappa shape index (κ2) is 5.77. The molecule has 98 valence electrons. The molecular weight excluding hydrogens is 353 g/mol. The average molecular weight is 361 g/mol. The number of pyridine rings is 1. The fourth-order valence-electron chi connectivity index (χ4n) is 1.31. The Hall–Kier alpha value is -1.30. The van der Waals surface area contributed by atoms with Crippen LogP contribution in [0.2, 0.25) is 10.0 Å². The van der Waals surface area contributed by atoms with E-state index in [0.29, 0.717) is 31.7 Å². The Bertz CT molecular complexity index is 632. The van der Waals surface area contributed by atoms with Crippen LogP contribution in [0.5, 0.6) is 11.5 Å². The Morgan fingerprint density at radius 3 is 2.58 bits per heavy atom. The van der Waals surface area contributed by atoms with E-state index >= 15 is 0 Å². The van der Waals surface area contributed by atoms with Crippen molar-refractivity contribution >= 4 is 45.0 Å². The molecular formula is C12H8BrCl2N3O. The molecule has 0 aliphatic rings. The summed E-state index contributed by atoms with van der Waals surface area (Å²) in [7, 11) is 0. The standard InChI is InChI=1S/C12H8BrCl2N3O/c13-7-3-9(15)11(4-8(7)14)19-6-1-2-10(12(16)17)18-5-6/h1-5H,(H3,16,17). The summed E-state index contributed by atoms with van der Waals surface area (Å²) < 4.78 is 6.26. The van der Waals surface area contributed by atoms with Crippen molar-refractivity contribution in [1.29, 1.82) is 5.41 Å². The van der Waals surface area contributed by atoms with Crippen LogP contribution in [0.4, 0.5) is 0 Å². The third-order valence-electron chi connectivity index (χ3n) is 2.21. The van der Waals surface area contributed by atoms with Gasteiger partial charge in [0, 0.05) is 10.5 Å². The van der Waals surface area contributed by atoms with Gasteiger partial charge in [-0.05, 0) is 34.1 Å². The van der Waals surface area contributed by atoms with Crippen LogP contribution in [0.3, 0.4) is 0 Å². The van der Waals surface area contributed by atoms with Gasteiger partial charge in [-0.3, -0.25) is 5.41 Å². The van der Waals surface area contributed by atoms with E-state index in [0.717, 1.165) is 0 Å². The number of amidine groups is 1. The highest BCUT2D eigenvalue weighted by atomic mass is 79.9. The maximum absolute atomic E-state index is 7.24. The lowest BCUT2D eigenvalue weighted by Gasteiger charge is -2.09. The number of benzene rings is 1. The van der Waals surface area contributed by atoms with Gasteiger partial charge in [0.15, 0.2) is 0 Å². The van der Waals surface area contributed by atoms with Crippen LogP contribution < -0.4 is 10.5 Å². The van der Waals surface area contributed by atoms with Crippen LogP contribution in [0, 0.1) is 5.41 Å². The van der Waals surface area contributed by atoms with Gasteiger partial charge in [-0.2, -0.15) is 0 Å². The third kappa shape index (κ3) is 3.37. The first-order valence-corrected chi connectivity index (χ1v) is 6.65. The zero-order valence-corrected chi connectivity index (χ0v) is 12.6. The zero-order chi connectivity index (χ0) is 14.0. The van der Waals surface area contributed by atoms with Gasteiger partial charge in [-0.15, -0.1) is 0 Å². The minimum atomic E-state index is -0.101. The fourth-order valence-corrected chi connectivity index (χ4v) is 2.14. The molecule has 0 bridgehead atoms. The number of hydrogen-bond acceptors (Lipinski definition) is 3. The SMILES string of the molecule is N=C(N)c1ccc(Oc2cc(Cl)c(Br)cc2Cl)cn1. The zero-order valence-electron chi connectivity index (χ0n) is 9.45. The number of nitrogen functional groups attached to an aromatic ring is 1. The Balaban J connectivity index is 2.26. The van der Waals surface area contributed by atoms with Gasteiger partial charge in [0.1, 0.15) is 23.0 Å². The molecule has 4 nitrogen and oxygen atoms in total. The minimum absolute atomic E-state index is 0.101. The Morgan fingerprint density at radius 1 is 1.26 bits per heavy atom. The summed E-state index contributed by atoms with van der Waals surface area (Å²) in [6.45, 7) is 0. The number of aromatic nitrogens is 1. The van der Waals surface area contributed by atoms with Gasteiger partial charge >= 0.3 is 0 Å². The summed E-state index contributed by atoms with van der Waals surface area (Å²) in [6, 6.07) is 6.49. The number of halogens is 3. The molecule has 2 rings (SSSR count). The summed E-state index contributed by atoms with van der Waals surface area (Å²) in [5.74, 6) is 0.800. The lowest BCUT2D eigenvalue weighted by Crippen LogP contribution is -2.12. The van der Waals surface area contributed by atoms with Gasteiger partial charge in [0.2, 0.25) is 0 Å². The maximum atomic E-state index is 7.24. The van der Waals surface area contributed by atoms with Crippen LogP contribution >= 0.6 is 39.1 Å². The molecule has 0 saturated heterocycles. The predicted octanol–water partition coefficient (Wildman–Crippen LogP) is 4.23. The van der Waals surface area contributed by atoms with E-state index in [1.165, 1.54) is 6.20 Å². The largest absolute Gasteiger partial charge is 0.454 e. The van der Waals surface area contributed by atoms with Gasteiger partial charge in [-0.25, -0.2) is 4.98 Å². The highest BCUT2D eigenvalue weighted by Gasteiger charge is 2.08. The van der Waals surface area contributed by atoms with Gasteiger partial charge in [0.05, 0.1) is 16.2 Å². The van der Waals surface area contributed by atoms with Gasteiger partial charge in [-0.1, -0.05) is 23.2 Å². The third-order valence-corrected chi connectivity index (χ3v) is 3.71. The normalized spacial score (nSPS) is 10.3. The molecule has 0 aliphatic carbocycles. The number of nitrogens with zero attached hydrogens (tertiary/aromatic N) is 1. The minimum Gasteiger partial charge on any atom is -0.454 e. The second-order valence-corrected chi connectivity index (χ2v) is 5.26. The molecule has 0 spiro atoms. The van der Waals surface area contributed by atoms with E-state index in [1.54, 1.807) is 24.3 Å². The highest BCUT2D eigenvalue weighted by molar-refractivity contribution is 9.10. The molecule has 19 heavy (non-hydrogen) atoms. The smallest absolute Gasteiger partial charge is 0.147 e. The Labute approximate surface area is 128 Å². The van der Waals surface area contributed by atoms with Crippen molar-refractivity contribution in [2.24, 2.45) is 5.73 Å². The first-order valence-electron chi connectivity index (χ1n) is 5.10. The van der Waals surface area contributed by atoms with Gasteiger partial charge in [0.25, 0.3) is 0 Å². The van der Waals surface area contributed by atoms with Crippen molar-refractivity contribution in [3.8, 4) is 11.5 Å². The lowest BCUT2D eigenvalue weighted by molar-refractivity contribution is 0.480. The fraction of sp³-hybridized carbons (Fsp3) is 0. The molecule has 0 saturated carbocycles. The van der Waals surface area contributed by atoms with Crippen molar-refractivity contribution in [2.45, 2.75) is 0 Å². The lowest BCUT2D eigenvalue weighted by atomic mass is 10.3. The molecule has 0 atom stereocenters. The topological polar surface area (TPSA) is 72.0 Å². The van der Waals surface area contributed by atoms with Gasteiger partial charge < -0.3 is 10.5 Å². The van der Waals surface area contributed by atoms with E-state index in [2.05, 4.69) is 20.9 Å². The van der Waals surface area contributed by atoms with Crippen molar-refractivity contribution < 1.29 is 4.74 Å². The Morgan fingerprint density at radius 2 is 2.00 bits per heavy atom. The number of rotatable bonds is 3. The number of nitrogens with two attached hydrogens (primary N) is 1. The van der Waals surface area contributed by atoms with E-state index in [9.17, 15) is 0 Å². The molecule has 0 fully saturated rings. The summed E-state index contributed by atoms with van der Waals surface area (Å²) in [6.07, 6.45) is 1.46. The van der Waals surface area contributed by atoms with Crippen LogP contribution in [0.15, 0.2) is 34.9 Å².